The summed E-state index contributed by atoms with van der Waals surface area (Å²) < 4.78 is 27.6. The summed E-state index contributed by atoms with van der Waals surface area (Å²) in [6, 6.07) is -0.612. The molecule has 0 aromatic heterocycles. The minimum absolute atomic E-state index is 0.0542. The molecule has 2 rings (SSSR count). The van der Waals surface area contributed by atoms with E-state index in [-0.39, 0.29) is 25.0 Å². The third kappa shape index (κ3) is 4.57. The van der Waals surface area contributed by atoms with Gasteiger partial charge in [0.15, 0.2) is 0 Å². The number of nitrogens with one attached hydrogen (secondary N) is 2. The molecule has 1 aliphatic carbocycles. The van der Waals surface area contributed by atoms with Gasteiger partial charge in [-0.15, -0.1) is 0 Å². The van der Waals surface area contributed by atoms with Gasteiger partial charge in [-0.3, -0.25) is 4.79 Å². The highest BCUT2D eigenvalue weighted by Crippen LogP contribution is 2.17. The summed E-state index contributed by atoms with van der Waals surface area (Å²) >= 11 is 0. The summed E-state index contributed by atoms with van der Waals surface area (Å²) in [4.78, 5) is 24.7. The third-order valence-electron chi connectivity index (χ3n) is 4.19. The van der Waals surface area contributed by atoms with Crippen LogP contribution in [0.5, 0.6) is 0 Å². The molecule has 0 radical (unpaired) electrons. The summed E-state index contributed by atoms with van der Waals surface area (Å²) in [5.74, 6) is -0.0694. The third-order valence-corrected chi connectivity index (χ3v) is 5.67. The van der Waals surface area contributed by atoms with Crippen LogP contribution in [-0.2, 0) is 15.0 Å². The summed E-state index contributed by atoms with van der Waals surface area (Å²) in [5, 5.41) is 2.72. The lowest BCUT2D eigenvalue weighted by atomic mass is 9.96. The number of rotatable bonds is 3. The van der Waals surface area contributed by atoms with Crippen molar-refractivity contribution < 1.29 is 18.0 Å². The minimum Gasteiger partial charge on any atom is -0.340 e. The molecule has 1 aliphatic heterocycles. The molecule has 0 unspecified atom stereocenters. The molecule has 2 fully saturated rings. The zero-order valence-electron chi connectivity index (χ0n) is 12.9. The highest BCUT2D eigenvalue weighted by atomic mass is 32.2. The molecule has 126 valence electrons. The molecule has 0 aromatic carbocycles. The van der Waals surface area contributed by atoms with Crippen LogP contribution in [0.2, 0.25) is 0 Å². The molecule has 3 amide bonds. The summed E-state index contributed by atoms with van der Waals surface area (Å²) in [7, 11) is -3.85. The SMILES string of the molecule is CC(=O)N1CCN(S(=O)(=O)NC(=O)NC2CCCCC2)CC1. The molecule has 0 spiro atoms. The standard InChI is InChI=1S/C13H24N4O4S/c1-11(18)16-7-9-17(10-8-16)22(20,21)15-13(19)14-12-5-3-2-4-6-12/h12H,2-10H2,1H3,(H2,14,15,19). The maximum absolute atomic E-state index is 12.2. The van der Waals surface area contributed by atoms with Gasteiger partial charge in [0.2, 0.25) is 5.91 Å². The predicted octanol–water partition coefficient (Wildman–Crippen LogP) is 0.0272. The van der Waals surface area contributed by atoms with Crippen molar-refractivity contribution in [2.45, 2.75) is 45.1 Å². The lowest BCUT2D eigenvalue weighted by Gasteiger charge is -2.33. The molecular formula is C13H24N4O4S. The zero-order chi connectivity index (χ0) is 16.2. The Morgan fingerprint density at radius 3 is 2.14 bits per heavy atom. The smallest absolute Gasteiger partial charge is 0.329 e. The average molecular weight is 332 g/mol. The van der Waals surface area contributed by atoms with E-state index in [4.69, 9.17) is 0 Å². The van der Waals surface area contributed by atoms with E-state index in [1.54, 1.807) is 4.90 Å². The number of urea groups is 1. The topological polar surface area (TPSA) is 98.8 Å². The largest absolute Gasteiger partial charge is 0.340 e. The predicted molar refractivity (Wildman–Crippen MR) is 81.3 cm³/mol. The molecule has 22 heavy (non-hydrogen) atoms. The van der Waals surface area contributed by atoms with Crippen molar-refractivity contribution in [3.05, 3.63) is 0 Å². The quantitative estimate of drug-likeness (QED) is 0.761. The number of piperazine rings is 1. The fourth-order valence-corrected chi connectivity index (χ4v) is 3.95. The molecule has 0 bridgehead atoms. The Labute approximate surface area is 131 Å². The molecule has 8 nitrogen and oxygen atoms in total. The maximum atomic E-state index is 12.2. The second-order valence-corrected chi connectivity index (χ2v) is 7.49. The van der Waals surface area contributed by atoms with Crippen LogP contribution < -0.4 is 10.0 Å². The van der Waals surface area contributed by atoms with Crippen molar-refractivity contribution in [1.29, 1.82) is 0 Å². The maximum Gasteiger partial charge on any atom is 0.329 e. The number of hydrogen-bond donors (Lipinski definition) is 2. The first-order valence-electron chi connectivity index (χ1n) is 7.72. The normalized spacial score (nSPS) is 21.4. The van der Waals surface area contributed by atoms with Gasteiger partial charge in [-0.25, -0.2) is 9.52 Å². The van der Waals surface area contributed by atoms with E-state index in [0.29, 0.717) is 13.1 Å². The Kier molecular flexibility index (Phi) is 5.63. The Hall–Kier alpha value is -1.35. The van der Waals surface area contributed by atoms with Crippen LogP contribution in [0.3, 0.4) is 0 Å². The number of nitrogens with zero attached hydrogens (tertiary/aromatic N) is 2. The van der Waals surface area contributed by atoms with Gasteiger partial charge >= 0.3 is 16.2 Å². The van der Waals surface area contributed by atoms with Gasteiger partial charge in [-0.05, 0) is 12.8 Å². The van der Waals surface area contributed by atoms with E-state index in [2.05, 4.69) is 10.0 Å². The monoisotopic (exact) mass is 332 g/mol. The molecule has 2 aliphatic rings. The van der Waals surface area contributed by atoms with E-state index >= 15 is 0 Å². The van der Waals surface area contributed by atoms with Crippen LogP contribution in [0.25, 0.3) is 0 Å². The van der Waals surface area contributed by atoms with Gasteiger partial charge in [0, 0.05) is 39.1 Å². The highest BCUT2D eigenvalue weighted by molar-refractivity contribution is 7.87. The Balaban J connectivity index is 1.82. The van der Waals surface area contributed by atoms with Gasteiger partial charge in [0.25, 0.3) is 0 Å². The van der Waals surface area contributed by atoms with Crippen LogP contribution in [0, 0.1) is 0 Å². The van der Waals surface area contributed by atoms with Gasteiger partial charge in [-0.2, -0.15) is 12.7 Å². The fraction of sp³-hybridized carbons (Fsp3) is 0.846. The number of hydrogen-bond acceptors (Lipinski definition) is 4. The zero-order valence-corrected chi connectivity index (χ0v) is 13.7. The first kappa shape index (κ1) is 17.0. The van der Waals surface area contributed by atoms with Crippen LogP contribution in [0.1, 0.15) is 39.0 Å². The number of amides is 3. The molecule has 1 saturated carbocycles. The van der Waals surface area contributed by atoms with Crippen molar-refractivity contribution in [3.63, 3.8) is 0 Å². The first-order chi connectivity index (χ1) is 10.4. The van der Waals surface area contributed by atoms with Crippen molar-refractivity contribution >= 4 is 22.1 Å². The van der Waals surface area contributed by atoms with Crippen LogP contribution >= 0.6 is 0 Å². The van der Waals surface area contributed by atoms with Crippen LogP contribution in [0.15, 0.2) is 0 Å². The van der Waals surface area contributed by atoms with Gasteiger partial charge in [0.1, 0.15) is 0 Å². The van der Waals surface area contributed by atoms with E-state index in [0.717, 1.165) is 25.7 Å². The Morgan fingerprint density at radius 1 is 1.00 bits per heavy atom. The molecule has 1 heterocycles. The van der Waals surface area contributed by atoms with Crippen molar-refractivity contribution in [1.82, 2.24) is 19.2 Å². The van der Waals surface area contributed by atoms with E-state index in [1.165, 1.54) is 17.6 Å². The summed E-state index contributed by atoms with van der Waals surface area (Å²) in [5.41, 5.74) is 0. The number of carbonyl (C=O) groups excluding carboxylic acids is 2. The van der Waals surface area contributed by atoms with Gasteiger partial charge in [0.05, 0.1) is 0 Å². The molecular weight excluding hydrogens is 308 g/mol. The van der Waals surface area contributed by atoms with Crippen molar-refractivity contribution in [2.75, 3.05) is 26.2 Å². The number of carbonyl (C=O) groups is 2. The highest BCUT2D eigenvalue weighted by Gasteiger charge is 2.29. The molecule has 0 atom stereocenters. The van der Waals surface area contributed by atoms with E-state index in [9.17, 15) is 18.0 Å². The van der Waals surface area contributed by atoms with E-state index < -0.39 is 16.2 Å². The second-order valence-electron chi connectivity index (χ2n) is 5.82. The molecule has 0 aromatic rings. The second kappa shape index (κ2) is 7.28. The molecule has 1 saturated heterocycles. The minimum atomic E-state index is -3.85. The van der Waals surface area contributed by atoms with E-state index in [1.807, 2.05) is 0 Å². The Bertz CT molecular complexity index is 508. The van der Waals surface area contributed by atoms with Gasteiger partial charge in [-0.1, -0.05) is 19.3 Å². The summed E-state index contributed by atoms with van der Waals surface area (Å²) in [6.45, 7) is 2.55. The van der Waals surface area contributed by atoms with Crippen molar-refractivity contribution in [3.8, 4) is 0 Å². The van der Waals surface area contributed by atoms with Crippen LogP contribution in [-0.4, -0.2) is 61.8 Å². The Morgan fingerprint density at radius 2 is 1.59 bits per heavy atom. The fourth-order valence-electron chi connectivity index (χ4n) is 2.89. The first-order valence-corrected chi connectivity index (χ1v) is 9.16. The van der Waals surface area contributed by atoms with Crippen molar-refractivity contribution in [2.24, 2.45) is 0 Å². The lowest BCUT2D eigenvalue weighted by Crippen LogP contribution is -2.55. The molecule has 9 heteroatoms. The molecule has 2 N–H and O–H groups in total. The average Bonchev–Trinajstić information content (AvgIpc) is 2.47. The van der Waals surface area contributed by atoms with Gasteiger partial charge < -0.3 is 10.2 Å². The summed E-state index contributed by atoms with van der Waals surface area (Å²) in [6.07, 6.45) is 5.07. The van der Waals surface area contributed by atoms with Crippen LogP contribution in [0.4, 0.5) is 4.79 Å². The lowest BCUT2D eigenvalue weighted by molar-refractivity contribution is -0.129.